The van der Waals surface area contributed by atoms with Crippen molar-refractivity contribution in [2.75, 3.05) is 0 Å². The summed E-state index contributed by atoms with van der Waals surface area (Å²) in [4.78, 5) is 10.8. The van der Waals surface area contributed by atoms with Crippen LogP contribution in [0.25, 0.3) is 0 Å². The fourth-order valence-electron chi connectivity index (χ4n) is 0.726. The zero-order valence-corrected chi connectivity index (χ0v) is 6.45. The van der Waals surface area contributed by atoms with Crippen LogP contribution in [0.3, 0.4) is 0 Å². The Morgan fingerprint density at radius 3 is 2.55 bits per heavy atom. The van der Waals surface area contributed by atoms with Gasteiger partial charge in [-0.2, -0.15) is 0 Å². The third kappa shape index (κ3) is 2.42. The molecule has 1 aromatic rings. The Kier molecular flexibility index (Phi) is 2.66. The third-order valence-electron chi connectivity index (χ3n) is 1.31. The van der Waals surface area contributed by atoms with Crippen molar-refractivity contribution in [2.24, 2.45) is 0 Å². The summed E-state index contributed by atoms with van der Waals surface area (Å²) in [6.45, 7) is 1.80. The normalized spacial score (nSPS) is 9.18. The summed E-state index contributed by atoms with van der Waals surface area (Å²) in [7, 11) is 0. The predicted octanol–water partition coefficient (Wildman–Crippen LogP) is 1.86. The van der Waals surface area contributed by atoms with Crippen LogP contribution in [0.15, 0.2) is 30.3 Å². The quantitative estimate of drug-likeness (QED) is 0.629. The van der Waals surface area contributed by atoms with Crippen molar-refractivity contribution >= 4 is 11.6 Å². The second kappa shape index (κ2) is 3.76. The summed E-state index contributed by atoms with van der Waals surface area (Å²) in [5, 5.41) is 3.84. The van der Waals surface area contributed by atoms with Crippen LogP contribution >= 0.6 is 0 Å². The predicted molar refractivity (Wildman–Crippen MR) is 43.5 cm³/mol. The molecule has 0 aromatic heterocycles. The molecule has 0 aliphatic heterocycles. The lowest BCUT2D eigenvalue weighted by Gasteiger charge is -1.96. The lowest BCUT2D eigenvalue weighted by atomic mass is 10.3. The van der Waals surface area contributed by atoms with Crippen molar-refractivity contribution in [1.82, 2.24) is 5.32 Å². The Bertz CT molecular complexity index is 231. The first-order valence-electron chi connectivity index (χ1n) is 3.62. The van der Waals surface area contributed by atoms with Gasteiger partial charge in [0.2, 0.25) is 5.91 Å². The van der Waals surface area contributed by atoms with Crippen LogP contribution in [0.5, 0.6) is 0 Å². The van der Waals surface area contributed by atoms with E-state index in [1.165, 1.54) is 0 Å². The van der Waals surface area contributed by atoms with Gasteiger partial charge in [0, 0.05) is 6.42 Å². The minimum absolute atomic E-state index is 0.0730. The highest BCUT2D eigenvalue weighted by molar-refractivity contribution is 5.80. The molecule has 1 radical (unpaired) electrons. The average molecular weight is 148 g/mol. The highest BCUT2D eigenvalue weighted by Crippen LogP contribution is 2.04. The summed E-state index contributed by atoms with van der Waals surface area (Å²) in [5.74, 6) is -0.0730. The van der Waals surface area contributed by atoms with E-state index in [4.69, 9.17) is 0 Å². The van der Waals surface area contributed by atoms with E-state index in [1.54, 1.807) is 6.92 Å². The van der Waals surface area contributed by atoms with Crippen molar-refractivity contribution in [3.8, 4) is 0 Å². The maximum absolute atomic E-state index is 10.8. The zero-order chi connectivity index (χ0) is 8.10. The second-order valence-corrected chi connectivity index (χ2v) is 2.19. The van der Waals surface area contributed by atoms with E-state index in [0.29, 0.717) is 6.42 Å². The number of hydrogen-bond donors (Lipinski definition) is 0. The van der Waals surface area contributed by atoms with E-state index in [0.717, 1.165) is 5.69 Å². The molecule has 0 bridgehead atoms. The van der Waals surface area contributed by atoms with Crippen LogP contribution in [0, 0.1) is 0 Å². The van der Waals surface area contributed by atoms with Gasteiger partial charge in [-0.25, -0.2) is 5.32 Å². The van der Waals surface area contributed by atoms with Crippen LogP contribution in [0.4, 0.5) is 5.69 Å². The number of benzene rings is 1. The maximum Gasteiger partial charge on any atom is 0.245 e. The topological polar surface area (TPSA) is 31.2 Å². The Morgan fingerprint density at radius 1 is 1.36 bits per heavy atom. The van der Waals surface area contributed by atoms with Gasteiger partial charge in [0.25, 0.3) is 0 Å². The van der Waals surface area contributed by atoms with Gasteiger partial charge in [-0.3, -0.25) is 4.79 Å². The lowest BCUT2D eigenvalue weighted by molar-refractivity contribution is -0.119. The molecule has 0 atom stereocenters. The van der Waals surface area contributed by atoms with Crippen LogP contribution in [-0.4, -0.2) is 5.91 Å². The van der Waals surface area contributed by atoms with Crippen molar-refractivity contribution in [1.29, 1.82) is 0 Å². The lowest BCUT2D eigenvalue weighted by Crippen LogP contribution is -2.07. The molecule has 0 N–H and O–H groups in total. The number of hydrogen-bond acceptors (Lipinski definition) is 1. The summed E-state index contributed by atoms with van der Waals surface area (Å²) in [6, 6.07) is 9.25. The Hall–Kier alpha value is -1.31. The van der Waals surface area contributed by atoms with Crippen molar-refractivity contribution < 1.29 is 4.79 Å². The van der Waals surface area contributed by atoms with E-state index >= 15 is 0 Å². The Labute approximate surface area is 66.2 Å². The molecule has 2 heteroatoms. The molecule has 57 valence electrons. The number of carbonyl (C=O) groups excluding carboxylic acids is 1. The minimum Gasteiger partial charge on any atom is -0.273 e. The van der Waals surface area contributed by atoms with Crippen LogP contribution in [0.2, 0.25) is 0 Å². The average Bonchev–Trinajstić information content (AvgIpc) is 2.06. The number of nitrogens with zero attached hydrogens (tertiary/aromatic N) is 1. The molecule has 0 unspecified atom stereocenters. The standard InChI is InChI=1S/C9H10NO/c1-2-9(11)10-8-6-4-3-5-7-8/h3-7H,2H2,1H3. The van der Waals surface area contributed by atoms with Gasteiger partial charge < -0.3 is 0 Å². The smallest absolute Gasteiger partial charge is 0.245 e. The molecule has 1 amide bonds. The molecule has 0 aliphatic rings. The monoisotopic (exact) mass is 148 g/mol. The molecular formula is C9H10NO. The molecule has 0 saturated carbocycles. The third-order valence-corrected chi connectivity index (χ3v) is 1.31. The van der Waals surface area contributed by atoms with Gasteiger partial charge in [0.1, 0.15) is 0 Å². The summed E-state index contributed by atoms with van der Waals surface area (Å²) in [6.07, 6.45) is 0.467. The highest BCUT2D eigenvalue weighted by atomic mass is 16.1. The largest absolute Gasteiger partial charge is 0.273 e. The van der Waals surface area contributed by atoms with E-state index in [2.05, 4.69) is 5.32 Å². The number of para-hydroxylation sites is 1. The van der Waals surface area contributed by atoms with Gasteiger partial charge in [0.05, 0.1) is 5.69 Å². The van der Waals surface area contributed by atoms with Gasteiger partial charge in [-0.15, -0.1) is 0 Å². The Balaban J connectivity index is 2.58. The first-order valence-corrected chi connectivity index (χ1v) is 3.62. The fraction of sp³-hybridized carbons (Fsp3) is 0.222. The maximum atomic E-state index is 10.8. The van der Waals surface area contributed by atoms with Crippen LogP contribution in [0.1, 0.15) is 13.3 Å². The van der Waals surface area contributed by atoms with Crippen molar-refractivity contribution in [3.63, 3.8) is 0 Å². The summed E-state index contributed by atoms with van der Waals surface area (Å²) in [5.41, 5.74) is 0.736. The fourth-order valence-corrected chi connectivity index (χ4v) is 0.726. The van der Waals surface area contributed by atoms with Crippen LogP contribution in [-0.2, 0) is 4.79 Å². The molecule has 0 fully saturated rings. The van der Waals surface area contributed by atoms with Crippen molar-refractivity contribution in [3.05, 3.63) is 30.3 Å². The van der Waals surface area contributed by atoms with Gasteiger partial charge >= 0.3 is 0 Å². The molecule has 0 saturated heterocycles. The molecule has 0 spiro atoms. The first kappa shape index (κ1) is 7.79. The Morgan fingerprint density at radius 2 is 2.00 bits per heavy atom. The molecule has 2 nitrogen and oxygen atoms in total. The summed E-state index contributed by atoms with van der Waals surface area (Å²) >= 11 is 0. The zero-order valence-electron chi connectivity index (χ0n) is 6.45. The first-order chi connectivity index (χ1) is 5.33. The van der Waals surface area contributed by atoms with Gasteiger partial charge in [-0.1, -0.05) is 25.1 Å². The minimum atomic E-state index is -0.0730. The summed E-state index contributed by atoms with van der Waals surface area (Å²) < 4.78 is 0. The molecule has 11 heavy (non-hydrogen) atoms. The molecule has 1 aromatic carbocycles. The van der Waals surface area contributed by atoms with E-state index in [9.17, 15) is 4.79 Å². The molecule has 0 aliphatic carbocycles. The number of amides is 1. The van der Waals surface area contributed by atoms with Gasteiger partial charge in [-0.05, 0) is 12.1 Å². The van der Waals surface area contributed by atoms with Crippen molar-refractivity contribution in [2.45, 2.75) is 13.3 Å². The molecule has 0 heterocycles. The van der Waals surface area contributed by atoms with Crippen LogP contribution < -0.4 is 5.32 Å². The number of rotatable bonds is 2. The highest BCUT2D eigenvalue weighted by Gasteiger charge is 1.98. The van der Waals surface area contributed by atoms with E-state index < -0.39 is 0 Å². The molecule has 1 rings (SSSR count). The molecular weight excluding hydrogens is 138 g/mol. The SMILES string of the molecule is CCC(=O)[N]c1ccccc1. The van der Waals surface area contributed by atoms with E-state index in [-0.39, 0.29) is 5.91 Å². The van der Waals surface area contributed by atoms with E-state index in [1.807, 2.05) is 30.3 Å². The van der Waals surface area contributed by atoms with Gasteiger partial charge in [0.15, 0.2) is 0 Å². The second-order valence-electron chi connectivity index (χ2n) is 2.19. The number of carbonyl (C=O) groups is 1.